The molecule has 0 saturated carbocycles. The van der Waals surface area contributed by atoms with Crippen molar-refractivity contribution in [1.29, 1.82) is 0 Å². The first-order valence-corrected chi connectivity index (χ1v) is 11.2. The zero-order chi connectivity index (χ0) is 20.9. The van der Waals surface area contributed by atoms with Crippen molar-refractivity contribution in [1.82, 2.24) is 9.88 Å². The summed E-state index contributed by atoms with van der Waals surface area (Å²) in [7, 11) is 0. The summed E-state index contributed by atoms with van der Waals surface area (Å²) in [5.74, 6) is 0.620. The highest BCUT2D eigenvalue weighted by Gasteiger charge is 2.32. The van der Waals surface area contributed by atoms with Gasteiger partial charge in [0, 0.05) is 22.4 Å². The third kappa shape index (κ3) is 4.98. The zero-order valence-electron chi connectivity index (χ0n) is 15.8. The van der Waals surface area contributed by atoms with Crippen LogP contribution in [0.5, 0.6) is 5.75 Å². The van der Waals surface area contributed by atoms with E-state index in [4.69, 9.17) is 17.0 Å². The number of amides is 1. The SMILES string of the molecule is O=C1C(=Cc2ccccc2OCc2ccc(Br)cc2)SC(=S)N1Cc1cccnc1. The van der Waals surface area contributed by atoms with E-state index in [-0.39, 0.29) is 5.91 Å². The van der Waals surface area contributed by atoms with Gasteiger partial charge in [0.2, 0.25) is 0 Å². The lowest BCUT2D eigenvalue weighted by molar-refractivity contribution is -0.122. The van der Waals surface area contributed by atoms with Gasteiger partial charge in [-0.3, -0.25) is 14.7 Å². The number of thioether (sulfide) groups is 1. The van der Waals surface area contributed by atoms with E-state index in [2.05, 4.69) is 20.9 Å². The normalized spacial score (nSPS) is 15.1. The van der Waals surface area contributed by atoms with Gasteiger partial charge in [-0.15, -0.1) is 0 Å². The maximum atomic E-state index is 12.9. The van der Waals surface area contributed by atoms with E-state index in [1.165, 1.54) is 11.8 Å². The summed E-state index contributed by atoms with van der Waals surface area (Å²) in [6.45, 7) is 0.859. The summed E-state index contributed by atoms with van der Waals surface area (Å²) in [6, 6.07) is 19.5. The average molecular weight is 497 g/mol. The van der Waals surface area contributed by atoms with Crippen molar-refractivity contribution < 1.29 is 9.53 Å². The molecule has 0 aliphatic carbocycles. The predicted octanol–water partition coefficient (Wildman–Crippen LogP) is 5.82. The molecule has 1 amide bonds. The van der Waals surface area contributed by atoms with E-state index >= 15 is 0 Å². The molecule has 3 aromatic rings. The highest BCUT2D eigenvalue weighted by molar-refractivity contribution is 9.10. The van der Waals surface area contributed by atoms with Crippen LogP contribution in [0.25, 0.3) is 6.08 Å². The van der Waals surface area contributed by atoms with Crippen LogP contribution in [0.2, 0.25) is 0 Å². The quantitative estimate of drug-likeness (QED) is 0.317. The summed E-state index contributed by atoms with van der Waals surface area (Å²) in [5, 5.41) is 0. The van der Waals surface area contributed by atoms with E-state index < -0.39 is 0 Å². The van der Waals surface area contributed by atoms with Crippen LogP contribution in [-0.4, -0.2) is 20.1 Å². The Morgan fingerprint density at radius 1 is 1.07 bits per heavy atom. The Balaban J connectivity index is 1.51. The van der Waals surface area contributed by atoms with Crippen LogP contribution in [0.1, 0.15) is 16.7 Å². The lowest BCUT2D eigenvalue weighted by atomic mass is 10.1. The van der Waals surface area contributed by atoms with Crippen molar-refractivity contribution in [2.75, 3.05) is 0 Å². The minimum absolute atomic E-state index is 0.100. The summed E-state index contributed by atoms with van der Waals surface area (Å²) in [6.07, 6.45) is 5.30. The molecule has 4 rings (SSSR count). The lowest BCUT2D eigenvalue weighted by Gasteiger charge is -2.14. The third-order valence-electron chi connectivity index (χ3n) is 4.45. The molecular weight excluding hydrogens is 480 g/mol. The highest BCUT2D eigenvalue weighted by Crippen LogP contribution is 2.35. The Kier molecular flexibility index (Phi) is 6.62. The van der Waals surface area contributed by atoms with Crippen LogP contribution >= 0.6 is 39.9 Å². The van der Waals surface area contributed by atoms with Crippen molar-refractivity contribution in [3.8, 4) is 5.75 Å². The molecule has 0 unspecified atom stereocenters. The van der Waals surface area contributed by atoms with Crippen LogP contribution in [0.4, 0.5) is 0 Å². The van der Waals surface area contributed by atoms with Gasteiger partial charge in [0.05, 0.1) is 11.4 Å². The number of benzene rings is 2. The summed E-state index contributed by atoms with van der Waals surface area (Å²) in [5.41, 5.74) is 2.85. The van der Waals surface area contributed by atoms with Crippen LogP contribution in [0, 0.1) is 0 Å². The number of halogens is 1. The van der Waals surface area contributed by atoms with Gasteiger partial charge in [0.1, 0.15) is 16.7 Å². The van der Waals surface area contributed by atoms with E-state index in [0.717, 1.165) is 26.9 Å². The molecule has 1 saturated heterocycles. The smallest absolute Gasteiger partial charge is 0.266 e. The lowest BCUT2D eigenvalue weighted by Crippen LogP contribution is -2.27. The molecule has 1 aliphatic heterocycles. The molecule has 1 fully saturated rings. The molecule has 0 bridgehead atoms. The first kappa shape index (κ1) is 20.8. The first-order valence-electron chi connectivity index (χ1n) is 9.21. The van der Waals surface area contributed by atoms with E-state index in [1.807, 2.05) is 66.7 Å². The maximum Gasteiger partial charge on any atom is 0.266 e. The topological polar surface area (TPSA) is 42.4 Å². The number of hydrogen-bond acceptors (Lipinski definition) is 5. The van der Waals surface area contributed by atoms with Gasteiger partial charge in [-0.1, -0.05) is 76.3 Å². The largest absolute Gasteiger partial charge is 0.488 e. The van der Waals surface area contributed by atoms with Crippen LogP contribution in [-0.2, 0) is 17.9 Å². The Morgan fingerprint density at radius 2 is 1.87 bits per heavy atom. The van der Waals surface area contributed by atoms with Gasteiger partial charge in [0.25, 0.3) is 5.91 Å². The highest BCUT2D eigenvalue weighted by atomic mass is 79.9. The molecule has 2 aromatic carbocycles. The minimum atomic E-state index is -0.100. The standard InChI is InChI=1S/C23H17BrN2O2S2/c24-19-9-7-16(8-10-19)15-28-20-6-2-1-5-18(20)12-21-22(27)26(23(29)30-21)14-17-4-3-11-25-13-17/h1-13H,14-15H2. The number of ether oxygens (including phenoxy) is 1. The van der Waals surface area contributed by atoms with Crippen molar-refractivity contribution in [3.63, 3.8) is 0 Å². The first-order chi connectivity index (χ1) is 14.6. The van der Waals surface area contributed by atoms with E-state index in [1.54, 1.807) is 17.3 Å². The van der Waals surface area contributed by atoms with Crippen LogP contribution < -0.4 is 4.74 Å². The Bertz CT molecular complexity index is 1100. The van der Waals surface area contributed by atoms with Crippen LogP contribution in [0.3, 0.4) is 0 Å². The molecular formula is C23H17BrN2O2S2. The second kappa shape index (κ2) is 9.55. The molecule has 30 heavy (non-hydrogen) atoms. The molecule has 1 aliphatic rings. The molecule has 0 N–H and O–H groups in total. The Morgan fingerprint density at radius 3 is 2.63 bits per heavy atom. The molecule has 0 spiro atoms. The molecule has 1 aromatic heterocycles. The number of pyridine rings is 1. The molecule has 2 heterocycles. The van der Waals surface area contributed by atoms with Crippen molar-refractivity contribution in [3.05, 3.63) is 99.1 Å². The fourth-order valence-electron chi connectivity index (χ4n) is 2.92. The van der Waals surface area contributed by atoms with Crippen molar-refractivity contribution in [2.24, 2.45) is 0 Å². The molecule has 150 valence electrons. The maximum absolute atomic E-state index is 12.9. The summed E-state index contributed by atoms with van der Waals surface area (Å²) >= 11 is 10.2. The molecule has 4 nitrogen and oxygen atoms in total. The molecule has 0 atom stereocenters. The van der Waals surface area contributed by atoms with Gasteiger partial charge < -0.3 is 4.74 Å². The van der Waals surface area contributed by atoms with E-state index in [9.17, 15) is 4.79 Å². The number of rotatable bonds is 6. The molecule has 0 radical (unpaired) electrons. The average Bonchev–Trinajstić information content (AvgIpc) is 3.02. The van der Waals surface area contributed by atoms with Gasteiger partial charge in [-0.2, -0.15) is 0 Å². The minimum Gasteiger partial charge on any atom is -0.488 e. The number of nitrogens with zero attached hydrogens (tertiary/aromatic N) is 2. The Labute approximate surface area is 193 Å². The number of para-hydroxylation sites is 1. The number of thiocarbonyl (C=S) groups is 1. The van der Waals surface area contributed by atoms with Gasteiger partial charge in [0.15, 0.2) is 0 Å². The second-order valence-electron chi connectivity index (χ2n) is 6.58. The summed E-state index contributed by atoms with van der Waals surface area (Å²) < 4.78 is 7.60. The predicted molar refractivity (Wildman–Crippen MR) is 128 cm³/mol. The number of aromatic nitrogens is 1. The fourth-order valence-corrected chi connectivity index (χ4v) is 4.44. The second-order valence-corrected chi connectivity index (χ2v) is 9.17. The zero-order valence-corrected chi connectivity index (χ0v) is 19.0. The monoisotopic (exact) mass is 496 g/mol. The summed E-state index contributed by atoms with van der Waals surface area (Å²) in [4.78, 5) is 19.2. The number of carbonyl (C=O) groups excluding carboxylic acids is 1. The van der Waals surface area contributed by atoms with E-state index in [0.29, 0.717) is 22.4 Å². The number of hydrogen-bond donors (Lipinski definition) is 0. The molecule has 7 heteroatoms. The van der Waals surface area contributed by atoms with Crippen LogP contribution in [0.15, 0.2) is 82.4 Å². The fraction of sp³-hybridized carbons (Fsp3) is 0.0870. The number of carbonyl (C=O) groups is 1. The Hall–Kier alpha value is -2.48. The van der Waals surface area contributed by atoms with Crippen molar-refractivity contribution >= 4 is 56.2 Å². The van der Waals surface area contributed by atoms with Gasteiger partial charge >= 0.3 is 0 Å². The van der Waals surface area contributed by atoms with Gasteiger partial charge in [-0.05, 0) is 41.5 Å². The van der Waals surface area contributed by atoms with Gasteiger partial charge in [-0.25, -0.2) is 0 Å². The van der Waals surface area contributed by atoms with Crippen molar-refractivity contribution in [2.45, 2.75) is 13.2 Å². The third-order valence-corrected chi connectivity index (χ3v) is 6.36.